The molecule has 5 rings (SSSR count). The number of aromatic nitrogens is 3. The van der Waals surface area contributed by atoms with Crippen LogP contribution in [0.3, 0.4) is 0 Å². The summed E-state index contributed by atoms with van der Waals surface area (Å²) >= 11 is 0. The maximum Gasteiger partial charge on any atom is 0.146 e. The number of benzene rings is 3. The third-order valence-corrected chi connectivity index (χ3v) is 6.44. The lowest BCUT2D eigenvalue weighted by Gasteiger charge is -2.13. The summed E-state index contributed by atoms with van der Waals surface area (Å²) in [5.41, 5.74) is 7.10. The van der Waals surface area contributed by atoms with Crippen molar-refractivity contribution in [3.05, 3.63) is 108 Å². The van der Waals surface area contributed by atoms with Gasteiger partial charge < -0.3 is 14.0 Å². The Morgan fingerprint density at radius 3 is 2.00 bits per heavy atom. The molecule has 1 N–H and O–H groups in total. The van der Waals surface area contributed by atoms with Gasteiger partial charge in [0.05, 0.1) is 17.4 Å². The summed E-state index contributed by atoms with van der Waals surface area (Å²) in [7, 11) is 4.11. The highest BCUT2D eigenvalue weighted by Gasteiger charge is 2.23. The maximum absolute atomic E-state index is 9.23. The number of hydrogen-bond acceptors (Lipinski definition) is 3. The normalized spacial score (nSPS) is 11.4. The number of rotatable bonds is 8. The topological polar surface area (TPSA) is 49.8 Å². The summed E-state index contributed by atoms with van der Waals surface area (Å²) in [4.78, 5) is 7.09. The molecule has 176 valence electrons. The van der Waals surface area contributed by atoms with Crippen molar-refractivity contribution < 1.29 is 0 Å². The molecule has 2 heterocycles. The largest absolute Gasteiger partial charge is 0.324 e. The fourth-order valence-electron chi connectivity index (χ4n) is 4.65. The van der Waals surface area contributed by atoms with Gasteiger partial charge in [0.15, 0.2) is 0 Å². The third kappa shape index (κ3) is 4.68. The smallest absolute Gasteiger partial charge is 0.146 e. The van der Waals surface area contributed by atoms with Crippen LogP contribution in [0.4, 0.5) is 0 Å². The van der Waals surface area contributed by atoms with E-state index in [0.29, 0.717) is 5.49 Å². The van der Waals surface area contributed by atoms with Gasteiger partial charge in [-0.05, 0) is 37.2 Å². The van der Waals surface area contributed by atoms with Crippen molar-refractivity contribution in [3.63, 3.8) is 0 Å². The first kappa shape index (κ1) is 22.8. The molecule has 0 aliphatic carbocycles. The molecule has 0 amide bonds. The van der Waals surface area contributed by atoms with E-state index in [0.717, 1.165) is 59.5 Å². The van der Waals surface area contributed by atoms with Crippen LogP contribution in [0.5, 0.6) is 0 Å². The molecule has 0 unspecified atom stereocenters. The van der Waals surface area contributed by atoms with Crippen LogP contribution in [-0.4, -0.2) is 39.7 Å². The Kier molecular flexibility index (Phi) is 6.59. The van der Waals surface area contributed by atoms with Crippen LogP contribution in [-0.2, 0) is 19.5 Å². The molecule has 5 nitrogen and oxygen atoms in total. The molecule has 5 heteroatoms. The summed E-state index contributed by atoms with van der Waals surface area (Å²) in [5.74, 6) is 0. The van der Waals surface area contributed by atoms with Crippen LogP contribution in [0, 0.1) is 5.41 Å². The van der Waals surface area contributed by atoms with E-state index in [1.54, 1.807) is 0 Å². The standard InChI is InChI=1S/C30H31N5/c1-33(2)20-21-34-22-32-30-27(29(34)31)26(24-14-8-4-9-15-24)28(25-16-10-5-11-17-25)35(30)19-18-23-12-6-3-7-13-23/h3-17,22,31H,18-21H2,1-2H3. The van der Waals surface area contributed by atoms with Gasteiger partial charge in [-0.3, -0.25) is 5.41 Å². The van der Waals surface area contributed by atoms with Crippen LogP contribution >= 0.6 is 0 Å². The number of aryl methyl sites for hydroxylation is 2. The number of hydrogen-bond donors (Lipinski definition) is 1. The van der Waals surface area contributed by atoms with Gasteiger partial charge in [-0.1, -0.05) is 91.0 Å². The summed E-state index contributed by atoms with van der Waals surface area (Å²) in [5, 5.41) is 10.1. The highest BCUT2D eigenvalue weighted by Crippen LogP contribution is 2.39. The molecule has 3 aromatic carbocycles. The first-order valence-corrected chi connectivity index (χ1v) is 12.1. The molecular formula is C30H31N5. The average Bonchev–Trinajstić information content (AvgIpc) is 3.23. The summed E-state index contributed by atoms with van der Waals surface area (Å²) in [6.45, 7) is 2.36. The van der Waals surface area contributed by atoms with E-state index < -0.39 is 0 Å². The van der Waals surface area contributed by atoms with Gasteiger partial charge in [0.25, 0.3) is 0 Å². The van der Waals surface area contributed by atoms with E-state index in [4.69, 9.17) is 4.98 Å². The summed E-state index contributed by atoms with van der Waals surface area (Å²) < 4.78 is 4.28. The Balaban J connectivity index is 1.78. The van der Waals surface area contributed by atoms with Crippen LogP contribution in [0.25, 0.3) is 33.4 Å². The monoisotopic (exact) mass is 461 g/mol. The number of nitrogens with zero attached hydrogens (tertiary/aromatic N) is 4. The van der Waals surface area contributed by atoms with E-state index in [1.165, 1.54) is 5.56 Å². The molecule has 2 aromatic heterocycles. The van der Waals surface area contributed by atoms with Gasteiger partial charge in [-0.15, -0.1) is 0 Å². The summed E-state index contributed by atoms with van der Waals surface area (Å²) in [6, 6.07) is 31.5. The van der Waals surface area contributed by atoms with Crippen molar-refractivity contribution in [3.8, 4) is 22.4 Å². The molecule has 0 aliphatic rings. The van der Waals surface area contributed by atoms with Crippen molar-refractivity contribution in [1.82, 2.24) is 19.0 Å². The Morgan fingerprint density at radius 1 is 0.771 bits per heavy atom. The minimum absolute atomic E-state index is 0.506. The quantitative estimate of drug-likeness (QED) is 0.334. The fourth-order valence-corrected chi connectivity index (χ4v) is 4.65. The predicted octanol–water partition coefficient (Wildman–Crippen LogP) is 5.46. The lowest BCUT2D eigenvalue weighted by molar-refractivity contribution is 0.379. The fraction of sp³-hybridized carbons (Fsp3) is 0.200. The number of fused-ring (bicyclic) bond motifs is 1. The van der Waals surface area contributed by atoms with E-state index in [9.17, 15) is 5.41 Å². The predicted molar refractivity (Wildman–Crippen MR) is 143 cm³/mol. The molecular weight excluding hydrogens is 430 g/mol. The van der Waals surface area contributed by atoms with Crippen molar-refractivity contribution >= 4 is 11.0 Å². The van der Waals surface area contributed by atoms with Gasteiger partial charge in [-0.2, -0.15) is 0 Å². The molecule has 0 saturated carbocycles. The Morgan fingerprint density at radius 2 is 1.37 bits per heavy atom. The molecule has 0 bridgehead atoms. The van der Waals surface area contributed by atoms with Crippen LogP contribution < -0.4 is 5.49 Å². The second-order valence-electron chi connectivity index (χ2n) is 9.13. The molecule has 35 heavy (non-hydrogen) atoms. The zero-order valence-electron chi connectivity index (χ0n) is 20.4. The highest BCUT2D eigenvalue weighted by molar-refractivity contribution is 6.02. The zero-order valence-corrected chi connectivity index (χ0v) is 20.4. The van der Waals surface area contributed by atoms with Gasteiger partial charge >= 0.3 is 0 Å². The average molecular weight is 462 g/mol. The minimum atomic E-state index is 0.506. The lowest BCUT2D eigenvalue weighted by atomic mass is 9.99. The second kappa shape index (κ2) is 10.1. The first-order valence-electron chi connectivity index (χ1n) is 12.1. The number of nitrogens with one attached hydrogen (secondary N) is 1. The Bertz CT molecular complexity index is 1470. The molecule has 0 saturated heterocycles. The molecule has 0 spiro atoms. The zero-order chi connectivity index (χ0) is 24.2. The lowest BCUT2D eigenvalue weighted by Crippen LogP contribution is -2.27. The Labute approximate surface area is 206 Å². The van der Waals surface area contributed by atoms with E-state index in [2.05, 4.69) is 102 Å². The van der Waals surface area contributed by atoms with E-state index >= 15 is 0 Å². The third-order valence-electron chi connectivity index (χ3n) is 6.44. The molecule has 0 fully saturated rings. The van der Waals surface area contributed by atoms with Gasteiger partial charge in [0.2, 0.25) is 0 Å². The van der Waals surface area contributed by atoms with Gasteiger partial charge in [0.1, 0.15) is 11.1 Å². The SMILES string of the molecule is CN(C)CCn1cnc2c(c(-c3ccccc3)c(-c3ccccc3)n2CCc2ccccc2)c1=N. The maximum atomic E-state index is 9.23. The Hall–Kier alpha value is -3.96. The van der Waals surface area contributed by atoms with Crippen molar-refractivity contribution in [2.75, 3.05) is 20.6 Å². The molecule has 0 atom stereocenters. The summed E-state index contributed by atoms with van der Waals surface area (Å²) in [6.07, 6.45) is 2.72. The van der Waals surface area contributed by atoms with Gasteiger partial charge in [0, 0.05) is 25.2 Å². The second-order valence-corrected chi connectivity index (χ2v) is 9.13. The van der Waals surface area contributed by atoms with E-state index in [1.807, 2.05) is 23.0 Å². The van der Waals surface area contributed by atoms with Crippen molar-refractivity contribution in [1.29, 1.82) is 5.41 Å². The molecule has 5 aromatic rings. The molecule has 0 radical (unpaired) electrons. The van der Waals surface area contributed by atoms with Gasteiger partial charge in [-0.25, -0.2) is 4.98 Å². The van der Waals surface area contributed by atoms with E-state index in [-0.39, 0.29) is 0 Å². The molecule has 0 aliphatic heterocycles. The van der Waals surface area contributed by atoms with Crippen LogP contribution in [0.1, 0.15) is 5.56 Å². The number of likely N-dealkylation sites (N-methyl/N-ethyl adjacent to an activating group) is 1. The van der Waals surface area contributed by atoms with Crippen molar-refractivity contribution in [2.45, 2.75) is 19.5 Å². The van der Waals surface area contributed by atoms with Crippen LogP contribution in [0.2, 0.25) is 0 Å². The first-order chi connectivity index (χ1) is 17.1. The minimum Gasteiger partial charge on any atom is -0.324 e. The highest BCUT2D eigenvalue weighted by atomic mass is 15.1. The van der Waals surface area contributed by atoms with Crippen LogP contribution in [0.15, 0.2) is 97.3 Å². The van der Waals surface area contributed by atoms with Crippen molar-refractivity contribution in [2.24, 2.45) is 0 Å².